The third-order valence-electron chi connectivity index (χ3n) is 2.81. The number of hydrogen-bond donors (Lipinski definition) is 0. The van der Waals surface area contributed by atoms with Gasteiger partial charge < -0.3 is 4.57 Å². The summed E-state index contributed by atoms with van der Waals surface area (Å²) in [5, 5.41) is -0.310. The molecule has 1 aromatic rings. The van der Waals surface area contributed by atoms with E-state index >= 15 is 0 Å². The molecule has 0 atom stereocenters. The van der Waals surface area contributed by atoms with Crippen LogP contribution in [0.25, 0.3) is 6.08 Å². The van der Waals surface area contributed by atoms with Crippen LogP contribution in [0.3, 0.4) is 0 Å². The molecule has 0 N–H and O–H groups in total. The van der Waals surface area contributed by atoms with Gasteiger partial charge in [-0.2, -0.15) is 0 Å². The van der Waals surface area contributed by atoms with Gasteiger partial charge in [0.2, 0.25) is 0 Å². The third-order valence-corrected chi connectivity index (χ3v) is 3.72. The van der Waals surface area contributed by atoms with E-state index in [0.29, 0.717) is 4.91 Å². The molecule has 1 aromatic heterocycles. The van der Waals surface area contributed by atoms with Crippen LogP contribution < -0.4 is 0 Å². The molecule has 18 heavy (non-hydrogen) atoms. The van der Waals surface area contributed by atoms with Crippen LogP contribution in [-0.4, -0.2) is 27.2 Å². The summed E-state index contributed by atoms with van der Waals surface area (Å²) in [4.78, 5) is 25.0. The number of rotatable bonds is 2. The maximum atomic E-state index is 11.9. The van der Waals surface area contributed by atoms with Gasteiger partial charge in [-0.1, -0.05) is 5.92 Å². The van der Waals surface area contributed by atoms with Crippen LogP contribution in [0, 0.1) is 19.3 Å². The molecule has 1 aliphatic heterocycles. The molecule has 4 nitrogen and oxygen atoms in total. The average Bonchev–Trinajstić information content (AvgIpc) is 2.78. The molecule has 0 aromatic carbocycles. The normalized spacial score (nSPS) is 17.6. The van der Waals surface area contributed by atoms with Gasteiger partial charge in [-0.05, 0) is 36.9 Å². The van der Waals surface area contributed by atoms with Crippen molar-refractivity contribution in [3.05, 3.63) is 28.4 Å². The first-order chi connectivity index (χ1) is 8.54. The van der Waals surface area contributed by atoms with Crippen molar-refractivity contribution in [3.63, 3.8) is 0 Å². The lowest BCUT2D eigenvalue weighted by atomic mass is 10.3. The lowest BCUT2D eigenvalue weighted by molar-refractivity contribution is -0.122. The van der Waals surface area contributed by atoms with E-state index < -0.39 is 0 Å². The predicted molar refractivity (Wildman–Crippen MR) is 71.7 cm³/mol. The maximum absolute atomic E-state index is 11.9. The van der Waals surface area contributed by atoms with E-state index in [9.17, 15) is 9.59 Å². The van der Waals surface area contributed by atoms with Crippen molar-refractivity contribution in [2.24, 2.45) is 7.05 Å². The Morgan fingerprint density at radius 2 is 2.17 bits per heavy atom. The number of imide groups is 1. The Morgan fingerprint density at radius 1 is 1.44 bits per heavy atom. The highest BCUT2D eigenvalue weighted by molar-refractivity contribution is 8.18. The maximum Gasteiger partial charge on any atom is 0.294 e. The zero-order valence-corrected chi connectivity index (χ0v) is 11.0. The lowest BCUT2D eigenvalue weighted by Crippen LogP contribution is -2.28. The molecule has 0 bridgehead atoms. The van der Waals surface area contributed by atoms with Gasteiger partial charge in [-0.3, -0.25) is 14.5 Å². The summed E-state index contributed by atoms with van der Waals surface area (Å²) >= 11 is 0.924. The second-order valence-corrected chi connectivity index (χ2v) is 4.92. The van der Waals surface area contributed by atoms with Crippen LogP contribution in [0.1, 0.15) is 11.4 Å². The van der Waals surface area contributed by atoms with Gasteiger partial charge in [0.05, 0.1) is 11.4 Å². The standard InChI is InChI=1S/C13H12N2O2S/c1-4-7-15-12(16)11(18-13(15)17)8-10-6-5-9(2)14(10)3/h1,5-6,8H,7H2,2-3H3/b11-8-. The van der Waals surface area contributed by atoms with Gasteiger partial charge in [0.15, 0.2) is 0 Å². The molecule has 2 amide bonds. The smallest absolute Gasteiger partial charge is 0.294 e. The van der Waals surface area contributed by atoms with Gasteiger partial charge >= 0.3 is 0 Å². The Hall–Kier alpha value is -1.93. The molecule has 1 saturated heterocycles. The van der Waals surface area contributed by atoms with Crippen molar-refractivity contribution in [2.75, 3.05) is 6.54 Å². The van der Waals surface area contributed by atoms with Crippen LogP contribution in [0.2, 0.25) is 0 Å². The largest absolute Gasteiger partial charge is 0.348 e. The second kappa shape index (κ2) is 4.75. The zero-order chi connectivity index (χ0) is 13.3. The number of aryl methyl sites for hydroxylation is 1. The summed E-state index contributed by atoms with van der Waals surface area (Å²) in [7, 11) is 1.91. The van der Waals surface area contributed by atoms with Crippen molar-refractivity contribution < 1.29 is 9.59 Å². The number of aromatic nitrogens is 1. The average molecular weight is 260 g/mol. The van der Waals surface area contributed by atoms with E-state index in [1.165, 1.54) is 0 Å². The summed E-state index contributed by atoms with van der Waals surface area (Å²) in [6, 6.07) is 3.86. The van der Waals surface area contributed by atoms with E-state index in [1.807, 2.05) is 30.7 Å². The fraction of sp³-hybridized carbons (Fsp3) is 0.231. The fourth-order valence-corrected chi connectivity index (χ4v) is 2.46. The topological polar surface area (TPSA) is 42.3 Å². The number of carbonyl (C=O) groups is 2. The first-order valence-corrected chi connectivity index (χ1v) is 6.17. The van der Waals surface area contributed by atoms with Crippen molar-refractivity contribution in [2.45, 2.75) is 6.92 Å². The van der Waals surface area contributed by atoms with Crippen LogP contribution in [0.15, 0.2) is 17.0 Å². The SMILES string of the molecule is C#CCN1C(=O)S/C(=C\c2ccc(C)n2C)C1=O. The Labute approximate surface area is 110 Å². The monoisotopic (exact) mass is 260 g/mol. The van der Waals surface area contributed by atoms with Crippen molar-refractivity contribution in [1.82, 2.24) is 9.47 Å². The van der Waals surface area contributed by atoms with Crippen LogP contribution >= 0.6 is 11.8 Å². The van der Waals surface area contributed by atoms with E-state index in [-0.39, 0.29) is 17.7 Å². The summed E-state index contributed by atoms with van der Waals surface area (Å²) in [6.45, 7) is 2.00. The van der Waals surface area contributed by atoms with E-state index in [1.54, 1.807) is 6.08 Å². The molecule has 1 fully saturated rings. The van der Waals surface area contributed by atoms with E-state index in [4.69, 9.17) is 6.42 Å². The molecule has 1 aliphatic rings. The van der Waals surface area contributed by atoms with Gasteiger partial charge in [-0.25, -0.2) is 0 Å². The van der Waals surface area contributed by atoms with Crippen LogP contribution in [-0.2, 0) is 11.8 Å². The minimum Gasteiger partial charge on any atom is -0.348 e. The van der Waals surface area contributed by atoms with Crippen molar-refractivity contribution in [3.8, 4) is 12.3 Å². The summed E-state index contributed by atoms with van der Waals surface area (Å²) in [5.74, 6) is 1.99. The number of terminal acetylenes is 1. The van der Waals surface area contributed by atoms with Crippen LogP contribution in [0.4, 0.5) is 4.79 Å². The molecule has 2 heterocycles. The van der Waals surface area contributed by atoms with Gasteiger partial charge in [0, 0.05) is 18.4 Å². The molecule has 0 saturated carbocycles. The highest BCUT2D eigenvalue weighted by Gasteiger charge is 2.34. The fourth-order valence-electron chi connectivity index (χ4n) is 1.64. The highest BCUT2D eigenvalue weighted by atomic mass is 32.2. The summed E-state index contributed by atoms with van der Waals surface area (Å²) in [5.41, 5.74) is 1.97. The van der Waals surface area contributed by atoms with E-state index in [0.717, 1.165) is 28.0 Å². The summed E-state index contributed by atoms with van der Waals surface area (Å²) in [6.07, 6.45) is 6.85. The van der Waals surface area contributed by atoms with Gasteiger partial charge in [0.1, 0.15) is 0 Å². The quantitative estimate of drug-likeness (QED) is 0.603. The number of carbonyl (C=O) groups excluding carboxylic acids is 2. The van der Waals surface area contributed by atoms with E-state index in [2.05, 4.69) is 5.92 Å². The predicted octanol–water partition coefficient (Wildman–Crippen LogP) is 2.00. The molecular weight excluding hydrogens is 248 g/mol. The Morgan fingerprint density at radius 3 is 2.72 bits per heavy atom. The second-order valence-electron chi connectivity index (χ2n) is 3.93. The molecule has 0 spiro atoms. The number of nitrogens with zero attached hydrogens (tertiary/aromatic N) is 2. The van der Waals surface area contributed by atoms with Crippen molar-refractivity contribution >= 4 is 29.0 Å². The first kappa shape index (κ1) is 12.5. The Kier molecular flexibility index (Phi) is 3.30. The third kappa shape index (κ3) is 2.07. The van der Waals surface area contributed by atoms with Gasteiger partial charge in [-0.15, -0.1) is 6.42 Å². The molecular formula is C13H12N2O2S. The zero-order valence-electron chi connectivity index (χ0n) is 10.1. The minimum absolute atomic E-state index is 0.0220. The molecule has 5 heteroatoms. The molecule has 0 unspecified atom stereocenters. The molecule has 2 rings (SSSR count). The molecule has 92 valence electrons. The minimum atomic E-state index is -0.318. The Balaban J connectivity index is 2.31. The molecule has 0 radical (unpaired) electrons. The van der Waals surface area contributed by atoms with Crippen molar-refractivity contribution in [1.29, 1.82) is 0 Å². The van der Waals surface area contributed by atoms with Crippen LogP contribution in [0.5, 0.6) is 0 Å². The lowest BCUT2D eigenvalue weighted by Gasteiger charge is -2.06. The Bertz CT molecular complexity index is 593. The number of thioether (sulfide) groups is 1. The number of hydrogen-bond acceptors (Lipinski definition) is 3. The summed E-state index contributed by atoms with van der Waals surface area (Å²) < 4.78 is 1.95. The number of amides is 2. The first-order valence-electron chi connectivity index (χ1n) is 5.35. The highest BCUT2D eigenvalue weighted by Crippen LogP contribution is 2.31. The molecule has 0 aliphatic carbocycles. The van der Waals surface area contributed by atoms with Gasteiger partial charge in [0.25, 0.3) is 11.1 Å².